The molecule has 1 aliphatic heterocycles. The molecule has 0 unspecified atom stereocenters. The Morgan fingerprint density at radius 1 is 1.15 bits per heavy atom. The van der Waals surface area contributed by atoms with Crippen molar-refractivity contribution in [1.82, 2.24) is 20.1 Å². The number of rotatable bonds is 5. The lowest BCUT2D eigenvalue weighted by Crippen LogP contribution is -2.35. The molecular weight excluding hydrogens is 326 g/mol. The van der Waals surface area contributed by atoms with Crippen LogP contribution in [0.15, 0.2) is 12.3 Å². The fourth-order valence-electron chi connectivity index (χ4n) is 4.29. The van der Waals surface area contributed by atoms with Gasteiger partial charge in [0.2, 0.25) is 5.91 Å². The third kappa shape index (κ3) is 3.84. The van der Waals surface area contributed by atoms with E-state index in [9.17, 15) is 4.79 Å². The van der Waals surface area contributed by atoms with Crippen molar-refractivity contribution in [3.63, 3.8) is 0 Å². The Hall–Kier alpha value is -2.11. The van der Waals surface area contributed by atoms with Gasteiger partial charge in [-0.2, -0.15) is 5.10 Å². The van der Waals surface area contributed by atoms with Gasteiger partial charge in [0.1, 0.15) is 5.82 Å². The smallest absolute Gasteiger partial charge is 0.222 e. The van der Waals surface area contributed by atoms with E-state index in [1.807, 2.05) is 17.2 Å². The zero-order chi connectivity index (χ0) is 17.8. The SMILES string of the molecule is O=C(CCc1[nH]nc2ccnc(NC3CCCCC3)c12)N1CCCCC1. The number of aromatic amines is 1. The highest BCUT2D eigenvalue weighted by atomic mass is 16.2. The summed E-state index contributed by atoms with van der Waals surface area (Å²) in [5, 5.41) is 12.3. The van der Waals surface area contributed by atoms with E-state index in [-0.39, 0.29) is 5.91 Å². The van der Waals surface area contributed by atoms with Gasteiger partial charge in [-0.05, 0) is 44.6 Å². The lowest BCUT2D eigenvalue weighted by atomic mass is 9.95. The van der Waals surface area contributed by atoms with E-state index < -0.39 is 0 Å². The molecule has 1 saturated heterocycles. The summed E-state index contributed by atoms with van der Waals surface area (Å²) >= 11 is 0. The molecule has 2 fully saturated rings. The lowest BCUT2D eigenvalue weighted by Gasteiger charge is -2.26. The zero-order valence-electron chi connectivity index (χ0n) is 15.5. The monoisotopic (exact) mass is 355 g/mol. The summed E-state index contributed by atoms with van der Waals surface area (Å²) in [6, 6.07) is 2.44. The summed E-state index contributed by atoms with van der Waals surface area (Å²) in [4.78, 5) is 19.1. The number of carbonyl (C=O) groups excluding carboxylic acids is 1. The minimum Gasteiger partial charge on any atom is -0.367 e. The maximum Gasteiger partial charge on any atom is 0.222 e. The number of H-pyrrole nitrogens is 1. The molecule has 0 radical (unpaired) electrons. The van der Waals surface area contributed by atoms with Crippen LogP contribution in [0.3, 0.4) is 0 Å². The second kappa shape index (κ2) is 8.06. The quantitative estimate of drug-likeness (QED) is 0.858. The molecule has 1 saturated carbocycles. The molecule has 0 atom stereocenters. The number of fused-ring (bicyclic) bond motifs is 1. The molecule has 2 aliphatic rings. The number of hydrogen-bond acceptors (Lipinski definition) is 4. The first kappa shape index (κ1) is 17.3. The predicted octanol–water partition coefficient (Wildman–Crippen LogP) is 3.65. The molecule has 0 aromatic carbocycles. The molecule has 4 rings (SSSR count). The van der Waals surface area contributed by atoms with Gasteiger partial charge in [-0.25, -0.2) is 4.98 Å². The first-order chi connectivity index (χ1) is 12.8. The van der Waals surface area contributed by atoms with E-state index in [2.05, 4.69) is 20.5 Å². The number of anilines is 1. The highest BCUT2D eigenvalue weighted by Crippen LogP contribution is 2.27. The minimum atomic E-state index is 0.262. The first-order valence-electron chi connectivity index (χ1n) is 10.2. The minimum absolute atomic E-state index is 0.262. The Bertz CT molecular complexity index is 744. The number of hydrogen-bond donors (Lipinski definition) is 2. The van der Waals surface area contributed by atoms with Crippen molar-refractivity contribution >= 4 is 22.6 Å². The summed E-state index contributed by atoms with van der Waals surface area (Å²) in [6.07, 6.45) is 12.9. The van der Waals surface area contributed by atoms with Gasteiger partial charge in [0, 0.05) is 37.4 Å². The highest BCUT2D eigenvalue weighted by Gasteiger charge is 2.20. The van der Waals surface area contributed by atoms with Gasteiger partial charge in [-0.3, -0.25) is 9.89 Å². The van der Waals surface area contributed by atoms with Crippen LogP contribution in [0.2, 0.25) is 0 Å². The Morgan fingerprint density at radius 2 is 1.92 bits per heavy atom. The van der Waals surface area contributed by atoms with E-state index in [0.29, 0.717) is 18.9 Å². The van der Waals surface area contributed by atoms with E-state index >= 15 is 0 Å². The topological polar surface area (TPSA) is 73.9 Å². The van der Waals surface area contributed by atoms with Crippen LogP contribution in [0.4, 0.5) is 5.82 Å². The third-order valence-corrected chi connectivity index (χ3v) is 5.79. The van der Waals surface area contributed by atoms with Crippen molar-refractivity contribution in [2.75, 3.05) is 18.4 Å². The van der Waals surface area contributed by atoms with Crippen LogP contribution < -0.4 is 5.32 Å². The Labute approximate surface area is 154 Å². The average Bonchev–Trinajstić information content (AvgIpc) is 3.12. The number of nitrogens with one attached hydrogen (secondary N) is 2. The standard InChI is InChI=1S/C20H29N5O/c26-18(25-13-5-2-6-14-25)10-9-16-19-17(24-23-16)11-12-21-20(19)22-15-7-3-1-4-8-15/h11-12,15H,1-10,13-14H2,(H,21,22)(H,23,24). The molecule has 0 bridgehead atoms. The van der Waals surface area contributed by atoms with Crippen LogP contribution in [-0.2, 0) is 11.2 Å². The number of aryl methyl sites for hydroxylation is 1. The van der Waals surface area contributed by atoms with E-state index in [4.69, 9.17) is 0 Å². The van der Waals surface area contributed by atoms with Crippen LogP contribution in [0.5, 0.6) is 0 Å². The molecule has 6 heteroatoms. The average molecular weight is 355 g/mol. The Morgan fingerprint density at radius 3 is 2.73 bits per heavy atom. The fraction of sp³-hybridized carbons (Fsp3) is 0.650. The second-order valence-electron chi connectivity index (χ2n) is 7.68. The van der Waals surface area contributed by atoms with Gasteiger partial charge in [-0.15, -0.1) is 0 Å². The van der Waals surface area contributed by atoms with Gasteiger partial charge in [0.05, 0.1) is 10.9 Å². The molecule has 1 aliphatic carbocycles. The van der Waals surface area contributed by atoms with E-state index in [1.165, 1.54) is 38.5 Å². The third-order valence-electron chi connectivity index (χ3n) is 5.79. The zero-order valence-corrected chi connectivity index (χ0v) is 15.5. The fourth-order valence-corrected chi connectivity index (χ4v) is 4.29. The van der Waals surface area contributed by atoms with Crippen molar-refractivity contribution in [3.8, 4) is 0 Å². The first-order valence-corrected chi connectivity index (χ1v) is 10.2. The summed E-state index contributed by atoms with van der Waals surface area (Å²) in [6.45, 7) is 1.83. The van der Waals surface area contributed by atoms with Crippen LogP contribution in [-0.4, -0.2) is 45.1 Å². The molecule has 0 spiro atoms. The molecule has 26 heavy (non-hydrogen) atoms. The summed E-state index contributed by atoms with van der Waals surface area (Å²) in [7, 11) is 0. The molecule has 1 amide bonds. The molecule has 6 nitrogen and oxygen atoms in total. The second-order valence-corrected chi connectivity index (χ2v) is 7.68. The molecule has 140 valence electrons. The van der Waals surface area contributed by atoms with Crippen LogP contribution in [0.1, 0.15) is 63.5 Å². The number of aromatic nitrogens is 3. The number of pyridine rings is 1. The lowest BCUT2D eigenvalue weighted by molar-refractivity contribution is -0.132. The normalized spacial score (nSPS) is 19.0. The van der Waals surface area contributed by atoms with Crippen molar-refractivity contribution in [1.29, 1.82) is 0 Å². The molecule has 2 aromatic heterocycles. The van der Waals surface area contributed by atoms with Crippen molar-refractivity contribution in [2.24, 2.45) is 0 Å². The number of amides is 1. The van der Waals surface area contributed by atoms with Crippen molar-refractivity contribution < 1.29 is 4.79 Å². The summed E-state index contributed by atoms with van der Waals surface area (Å²) in [5.74, 6) is 1.18. The molecule has 2 N–H and O–H groups in total. The Kier molecular flexibility index (Phi) is 5.37. The maximum atomic E-state index is 12.5. The Balaban J connectivity index is 1.47. The number of piperidine rings is 1. The van der Waals surface area contributed by atoms with E-state index in [1.54, 1.807) is 0 Å². The largest absolute Gasteiger partial charge is 0.367 e. The molecular formula is C20H29N5O. The van der Waals surface area contributed by atoms with Crippen LogP contribution in [0, 0.1) is 0 Å². The summed E-state index contributed by atoms with van der Waals surface area (Å²) in [5.41, 5.74) is 1.95. The van der Waals surface area contributed by atoms with Gasteiger partial charge >= 0.3 is 0 Å². The van der Waals surface area contributed by atoms with Crippen LogP contribution in [0.25, 0.3) is 10.9 Å². The number of nitrogens with zero attached hydrogens (tertiary/aromatic N) is 3. The molecule has 2 aromatic rings. The van der Waals surface area contributed by atoms with Gasteiger partial charge in [0.25, 0.3) is 0 Å². The number of likely N-dealkylation sites (tertiary alicyclic amines) is 1. The van der Waals surface area contributed by atoms with Crippen LogP contribution >= 0.6 is 0 Å². The predicted molar refractivity (Wildman–Crippen MR) is 103 cm³/mol. The highest BCUT2D eigenvalue weighted by molar-refractivity contribution is 5.92. The van der Waals surface area contributed by atoms with Gasteiger partial charge < -0.3 is 10.2 Å². The molecule has 3 heterocycles. The summed E-state index contributed by atoms with van der Waals surface area (Å²) < 4.78 is 0. The number of carbonyl (C=O) groups is 1. The van der Waals surface area contributed by atoms with E-state index in [0.717, 1.165) is 48.3 Å². The van der Waals surface area contributed by atoms with Crippen molar-refractivity contribution in [3.05, 3.63) is 18.0 Å². The maximum absolute atomic E-state index is 12.5. The van der Waals surface area contributed by atoms with Gasteiger partial charge in [-0.1, -0.05) is 19.3 Å². The van der Waals surface area contributed by atoms with Crippen molar-refractivity contribution in [2.45, 2.75) is 70.3 Å². The van der Waals surface area contributed by atoms with Gasteiger partial charge in [0.15, 0.2) is 0 Å².